The van der Waals surface area contributed by atoms with Gasteiger partial charge in [-0.2, -0.15) is 11.8 Å². The molecule has 1 atom stereocenters. The van der Waals surface area contributed by atoms with Crippen molar-refractivity contribution in [2.24, 2.45) is 0 Å². The monoisotopic (exact) mass is 407 g/mol. The third-order valence-corrected chi connectivity index (χ3v) is 5.36. The van der Waals surface area contributed by atoms with Crippen LogP contribution >= 0.6 is 11.8 Å². The van der Waals surface area contributed by atoms with Gasteiger partial charge in [-0.3, -0.25) is 4.79 Å². The van der Waals surface area contributed by atoms with Crippen molar-refractivity contribution < 1.29 is 23.8 Å². The van der Waals surface area contributed by atoms with E-state index in [-0.39, 0.29) is 12.8 Å². The van der Waals surface area contributed by atoms with Crippen LogP contribution < -0.4 is 15.7 Å². The number of hydrogen-bond donors (Lipinski definition) is 2. The summed E-state index contributed by atoms with van der Waals surface area (Å²) in [6.07, 6.45) is 2.41. The molecule has 2 rings (SSSR count). The highest BCUT2D eigenvalue weighted by molar-refractivity contribution is 7.98. The largest absolute Gasteiger partial charge is 0.496 e. The number of aryl methyl sites for hydroxylation is 2. The number of carbonyl (C=O) groups excluding carboxylic acids is 1. The molecule has 0 aliphatic heterocycles. The fraction of sp³-hybridized carbons (Fsp3) is 0.450. The first-order valence-corrected chi connectivity index (χ1v) is 10.3. The zero-order valence-corrected chi connectivity index (χ0v) is 17.3. The van der Waals surface area contributed by atoms with Gasteiger partial charge in [0.15, 0.2) is 0 Å². The summed E-state index contributed by atoms with van der Waals surface area (Å²) < 4.78 is 10.7. The van der Waals surface area contributed by atoms with Gasteiger partial charge in [0, 0.05) is 22.9 Å². The standard InChI is InChI=1S/C20H25NO6S/c1-11-13-5-7-16(26-3)12(2)18(13)27-20(25)14(11)6-8-17(22)21-15(19(23)24)9-10-28-4/h5,7,15H,6,8-10H2,1-4H3,(H,21,22)(H,23,24)/t15-/m1/s1. The molecule has 0 unspecified atom stereocenters. The first-order chi connectivity index (χ1) is 13.3. The van der Waals surface area contributed by atoms with Crippen molar-refractivity contribution in [3.8, 4) is 5.75 Å². The van der Waals surface area contributed by atoms with Crippen molar-refractivity contribution in [2.75, 3.05) is 19.1 Å². The van der Waals surface area contributed by atoms with Crippen LogP contribution in [0.2, 0.25) is 0 Å². The number of nitrogens with one attached hydrogen (secondary N) is 1. The summed E-state index contributed by atoms with van der Waals surface area (Å²) in [6.45, 7) is 3.63. The first-order valence-electron chi connectivity index (χ1n) is 8.91. The molecule has 2 N–H and O–H groups in total. The van der Waals surface area contributed by atoms with Crippen LogP contribution in [0.5, 0.6) is 5.75 Å². The van der Waals surface area contributed by atoms with Crippen LogP contribution in [0.25, 0.3) is 11.0 Å². The average molecular weight is 407 g/mol. The van der Waals surface area contributed by atoms with Gasteiger partial charge < -0.3 is 19.6 Å². The van der Waals surface area contributed by atoms with Crippen molar-refractivity contribution in [3.63, 3.8) is 0 Å². The number of benzene rings is 1. The Morgan fingerprint density at radius 3 is 2.61 bits per heavy atom. The second-order valence-corrected chi connectivity index (χ2v) is 7.49. The Balaban J connectivity index is 2.19. The van der Waals surface area contributed by atoms with E-state index in [1.807, 2.05) is 32.2 Å². The molecular formula is C20H25NO6S. The van der Waals surface area contributed by atoms with E-state index >= 15 is 0 Å². The molecule has 1 amide bonds. The maximum absolute atomic E-state index is 12.5. The van der Waals surface area contributed by atoms with E-state index in [1.165, 1.54) is 11.8 Å². The Kier molecular flexibility index (Phi) is 7.51. The van der Waals surface area contributed by atoms with E-state index in [9.17, 15) is 19.5 Å². The van der Waals surface area contributed by atoms with E-state index in [1.54, 1.807) is 7.11 Å². The minimum absolute atomic E-state index is 0.00922. The molecule has 2 aromatic rings. The molecule has 0 saturated carbocycles. The number of fused-ring (bicyclic) bond motifs is 1. The van der Waals surface area contributed by atoms with Crippen molar-refractivity contribution >= 4 is 34.6 Å². The molecule has 0 bridgehead atoms. The zero-order chi connectivity index (χ0) is 20.8. The van der Waals surface area contributed by atoms with Gasteiger partial charge in [0.1, 0.15) is 17.4 Å². The molecule has 28 heavy (non-hydrogen) atoms. The highest BCUT2D eigenvalue weighted by Gasteiger charge is 2.20. The van der Waals surface area contributed by atoms with Gasteiger partial charge in [-0.1, -0.05) is 0 Å². The summed E-state index contributed by atoms with van der Waals surface area (Å²) >= 11 is 1.52. The number of carboxylic acids is 1. The van der Waals surface area contributed by atoms with Gasteiger partial charge in [-0.15, -0.1) is 0 Å². The predicted molar refractivity (Wildman–Crippen MR) is 109 cm³/mol. The van der Waals surface area contributed by atoms with Gasteiger partial charge in [0.2, 0.25) is 5.91 Å². The highest BCUT2D eigenvalue weighted by atomic mass is 32.2. The molecule has 152 valence electrons. The van der Waals surface area contributed by atoms with Crippen molar-refractivity contribution in [1.82, 2.24) is 5.32 Å². The Morgan fingerprint density at radius 1 is 1.29 bits per heavy atom. The lowest BCUT2D eigenvalue weighted by molar-refractivity contribution is -0.141. The van der Waals surface area contributed by atoms with Crippen LogP contribution in [-0.4, -0.2) is 42.1 Å². The Labute approximate surface area is 167 Å². The molecule has 0 fully saturated rings. The number of carbonyl (C=O) groups is 2. The zero-order valence-electron chi connectivity index (χ0n) is 16.5. The molecule has 8 heteroatoms. The second-order valence-electron chi connectivity index (χ2n) is 6.50. The predicted octanol–water partition coefficient (Wildman–Crippen LogP) is 2.67. The van der Waals surface area contributed by atoms with Gasteiger partial charge in [0.05, 0.1) is 7.11 Å². The Hall–Kier alpha value is -2.48. The summed E-state index contributed by atoms with van der Waals surface area (Å²) in [4.78, 5) is 35.9. The smallest absolute Gasteiger partial charge is 0.339 e. The lowest BCUT2D eigenvalue weighted by Crippen LogP contribution is -2.41. The van der Waals surface area contributed by atoms with Gasteiger partial charge in [0.25, 0.3) is 0 Å². The van der Waals surface area contributed by atoms with Gasteiger partial charge in [-0.25, -0.2) is 9.59 Å². The third kappa shape index (κ3) is 4.86. The molecule has 0 saturated heterocycles. The number of ether oxygens (including phenoxy) is 1. The summed E-state index contributed by atoms with van der Waals surface area (Å²) in [5.41, 5.74) is 1.89. The number of aliphatic carboxylic acids is 1. The van der Waals surface area contributed by atoms with Crippen LogP contribution in [0, 0.1) is 13.8 Å². The molecule has 0 spiro atoms. The number of rotatable bonds is 9. The molecular weight excluding hydrogens is 382 g/mol. The normalized spacial score (nSPS) is 12.0. The minimum atomic E-state index is -1.06. The van der Waals surface area contributed by atoms with Crippen LogP contribution in [0.15, 0.2) is 21.3 Å². The van der Waals surface area contributed by atoms with Crippen molar-refractivity contribution in [2.45, 2.75) is 39.2 Å². The minimum Gasteiger partial charge on any atom is -0.496 e. The molecule has 0 radical (unpaired) electrons. The first kappa shape index (κ1) is 21.8. The highest BCUT2D eigenvalue weighted by Crippen LogP contribution is 2.29. The number of hydrogen-bond acceptors (Lipinski definition) is 6. The van der Waals surface area contributed by atoms with E-state index in [0.29, 0.717) is 29.1 Å². The van der Waals surface area contributed by atoms with Crippen LogP contribution in [0.3, 0.4) is 0 Å². The van der Waals surface area contributed by atoms with E-state index in [0.717, 1.165) is 16.5 Å². The lowest BCUT2D eigenvalue weighted by Gasteiger charge is -2.14. The molecule has 1 aromatic heterocycles. The number of carboxylic acid groups (broad SMARTS) is 1. The summed E-state index contributed by atoms with van der Waals surface area (Å²) in [6, 6.07) is 2.71. The summed E-state index contributed by atoms with van der Waals surface area (Å²) in [5.74, 6) is -0.202. The topological polar surface area (TPSA) is 106 Å². The number of amides is 1. The number of methoxy groups -OCH3 is 1. The van der Waals surface area contributed by atoms with E-state index < -0.39 is 23.5 Å². The quantitative estimate of drug-likeness (QED) is 0.616. The van der Waals surface area contributed by atoms with Crippen molar-refractivity contribution in [1.29, 1.82) is 0 Å². The maximum atomic E-state index is 12.5. The fourth-order valence-corrected chi connectivity index (χ4v) is 3.55. The van der Waals surface area contributed by atoms with E-state index in [4.69, 9.17) is 9.15 Å². The number of thioether (sulfide) groups is 1. The second kappa shape index (κ2) is 9.64. The fourth-order valence-electron chi connectivity index (χ4n) is 3.08. The Morgan fingerprint density at radius 2 is 2.00 bits per heavy atom. The molecule has 1 heterocycles. The van der Waals surface area contributed by atoms with Crippen LogP contribution in [0.1, 0.15) is 29.5 Å². The maximum Gasteiger partial charge on any atom is 0.339 e. The summed E-state index contributed by atoms with van der Waals surface area (Å²) in [5, 5.41) is 12.5. The lowest BCUT2D eigenvalue weighted by atomic mass is 10.00. The molecule has 1 aromatic carbocycles. The third-order valence-electron chi connectivity index (χ3n) is 4.72. The Bertz CT molecular complexity index is 936. The summed E-state index contributed by atoms with van der Waals surface area (Å²) in [7, 11) is 1.55. The molecule has 7 nitrogen and oxygen atoms in total. The van der Waals surface area contributed by atoms with Gasteiger partial charge >= 0.3 is 11.6 Å². The van der Waals surface area contributed by atoms with Crippen LogP contribution in [0.4, 0.5) is 0 Å². The molecule has 0 aliphatic rings. The van der Waals surface area contributed by atoms with Crippen LogP contribution in [-0.2, 0) is 16.0 Å². The van der Waals surface area contributed by atoms with E-state index in [2.05, 4.69) is 5.32 Å². The molecule has 0 aliphatic carbocycles. The average Bonchev–Trinajstić information content (AvgIpc) is 2.65. The SMILES string of the molecule is COc1ccc2c(C)c(CCC(=O)N[C@H](CCSC)C(=O)O)c(=O)oc2c1C. The van der Waals surface area contributed by atoms with Crippen molar-refractivity contribution in [3.05, 3.63) is 39.2 Å². The van der Waals surface area contributed by atoms with Gasteiger partial charge in [-0.05, 0) is 56.4 Å².